The number of hydrogen-bond donors (Lipinski definition) is 2. The number of alkyl carbamates (subject to hydrolysis) is 1. The quantitative estimate of drug-likeness (QED) is 0.627. The molecule has 0 bridgehead atoms. The van der Waals surface area contributed by atoms with Crippen molar-refractivity contribution in [3.05, 3.63) is 35.9 Å². The van der Waals surface area contributed by atoms with Crippen molar-refractivity contribution in [2.24, 2.45) is 0 Å². The van der Waals surface area contributed by atoms with Crippen molar-refractivity contribution in [1.82, 2.24) is 15.5 Å². The fraction of sp³-hybridized carbons (Fsp3) is 0.591. The zero-order chi connectivity index (χ0) is 22.1. The Bertz CT molecular complexity index is 717. The van der Waals surface area contributed by atoms with Gasteiger partial charge in [-0.05, 0) is 52.1 Å². The Morgan fingerprint density at radius 1 is 1.20 bits per heavy atom. The van der Waals surface area contributed by atoms with Crippen molar-refractivity contribution in [3.8, 4) is 0 Å². The third-order valence-electron chi connectivity index (χ3n) is 4.80. The SMILES string of the molecule is COC(=O)[C@H](CCNC(=O)OC(C)(C)C)NC(=O)[C@@H]1CCCN1Cc1ccccc1. The molecule has 2 amide bonds. The second-order valence-corrected chi connectivity index (χ2v) is 8.42. The van der Waals surface area contributed by atoms with Crippen LogP contribution in [0.2, 0.25) is 0 Å². The lowest BCUT2D eigenvalue weighted by Crippen LogP contribution is -2.50. The van der Waals surface area contributed by atoms with Crippen molar-refractivity contribution in [2.75, 3.05) is 20.2 Å². The first-order valence-electron chi connectivity index (χ1n) is 10.3. The van der Waals surface area contributed by atoms with Crippen molar-refractivity contribution < 1.29 is 23.9 Å². The minimum atomic E-state index is -0.836. The number of nitrogens with zero attached hydrogens (tertiary/aromatic N) is 1. The van der Waals surface area contributed by atoms with Gasteiger partial charge in [0.05, 0.1) is 13.2 Å². The fourth-order valence-electron chi connectivity index (χ4n) is 3.42. The van der Waals surface area contributed by atoms with Gasteiger partial charge < -0.3 is 20.1 Å². The van der Waals surface area contributed by atoms with Crippen LogP contribution in [0.5, 0.6) is 0 Å². The zero-order valence-corrected chi connectivity index (χ0v) is 18.3. The van der Waals surface area contributed by atoms with E-state index in [1.165, 1.54) is 7.11 Å². The Balaban J connectivity index is 1.90. The van der Waals surface area contributed by atoms with Crippen LogP contribution in [-0.2, 0) is 25.6 Å². The third kappa shape index (κ3) is 7.67. The molecule has 1 aromatic rings. The number of nitrogens with one attached hydrogen (secondary N) is 2. The predicted octanol–water partition coefficient (Wildman–Crippen LogP) is 2.22. The summed E-state index contributed by atoms with van der Waals surface area (Å²) in [5.74, 6) is -0.738. The van der Waals surface area contributed by atoms with Crippen LogP contribution in [0, 0.1) is 0 Å². The number of ether oxygens (including phenoxy) is 2. The highest BCUT2D eigenvalue weighted by atomic mass is 16.6. The minimum Gasteiger partial charge on any atom is -0.467 e. The van der Waals surface area contributed by atoms with Gasteiger partial charge >= 0.3 is 12.1 Å². The first kappa shape index (κ1) is 23.7. The molecule has 1 aliphatic rings. The Morgan fingerprint density at radius 2 is 1.90 bits per heavy atom. The van der Waals surface area contributed by atoms with E-state index in [9.17, 15) is 14.4 Å². The van der Waals surface area contributed by atoms with Gasteiger partial charge in [0.2, 0.25) is 5.91 Å². The average molecular weight is 420 g/mol. The van der Waals surface area contributed by atoms with E-state index in [1.54, 1.807) is 20.8 Å². The summed E-state index contributed by atoms with van der Waals surface area (Å²) < 4.78 is 10.0. The number of carbonyl (C=O) groups excluding carboxylic acids is 3. The molecule has 8 nitrogen and oxygen atoms in total. The smallest absolute Gasteiger partial charge is 0.407 e. The van der Waals surface area contributed by atoms with E-state index in [4.69, 9.17) is 9.47 Å². The van der Waals surface area contributed by atoms with Crippen molar-refractivity contribution in [3.63, 3.8) is 0 Å². The summed E-state index contributed by atoms with van der Waals surface area (Å²) >= 11 is 0. The number of benzene rings is 1. The van der Waals surface area contributed by atoms with Crippen LogP contribution in [0.3, 0.4) is 0 Å². The number of methoxy groups -OCH3 is 1. The third-order valence-corrected chi connectivity index (χ3v) is 4.80. The molecule has 0 aromatic heterocycles. The van der Waals surface area contributed by atoms with E-state index in [1.807, 2.05) is 30.3 Å². The van der Waals surface area contributed by atoms with Gasteiger partial charge in [0, 0.05) is 13.1 Å². The lowest BCUT2D eigenvalue weighted by atomic mass is 10.1. The standard InChI is InChI=1S/C22H33N3O5/c1-22(2,3)30-21(28)23-13-12-17(20(27)29-4)24-19(26)18-11-8-14-25(18)15-16-9-6-5-7-10-16/h5-7,9-10,17-18H,8,11-15H2,1-4H3,(H,23,28)(H,24,26)/t17-,18-/m0/s1. The largest absolute Gasteiger partial charge is 0.467 e. The van der Waals surface area contributed by atoms with Crippen LogP contribution in [-0.4, -0.2) is 60.8 Å². The number of rotatable bonds is 8. The number of likely N-dealkylation sites (tertiary alicyclic amines) is 1. The summed E-state index contributed by atoms with van der Waals surface area (Å²) in [5, 5.41) is 5.40. The summed E-state index contributed by atoms with van der Waals surface area (Å²) in [6.07, 6.45) is 1.31. The van der Waals surface area contributed by atoms with Gasteiger partial charge in [-0.2, -0.15) is 0 Å². The molecule has 8 heteroatoms. The molecule has 0 radical (unpaired) electrons. The Hall–Kier alpha value is -2.61. The van der Waals surface area contributed by atoms with Crippen LogP contribution in [0.4, 0.5) is 4.79 Å². The molecule has 0 saturated carbocycles. The summed E-state index contributed by atoms with van der Waals surface area (Å²) in [6.45, 7) is 7.00. The molecule has 0 unspecified atom stereocenters. The highest BCUT2D eigenvalue weighted by Crippen LogP contribution is 2.20. The molecular formula is C22H33N3O5. The summed E-state index contributed by atoms with van der Waals surface area (Å²) in [4.78, 5) is 38.9. The summed E-state index contributed by atoms with van der Waals surface area (Å²) in [5.41, 5.74) is 0.536. The molecule has 1 fully saturated rings. The highest BCUT2D eigenvalue weighted by molar-refractivity contribution is 5.87. The van der Waals surface area contributed by atoms with Crippen LogP contribution in [0.1, 0.15) is 45.6 Å². The summed E-state index contributed by atoms with van der Waals surface area (Å²) in [6, 6.07) is 8.85. The van der Waals surface area contributed by atoms with Crippen molar-refractivity contribution >= 4 is 18.0 Å². The molecule has 1 heterocycles. The van der Waals surface area contributed by atoms with Crippen molar-refractivity contribution in [1.29, 1.82) is 0 Å². The van der Waals surface area contributed by atoms with E-state index in [0.29, 0.717) is 6.54 Å². The van der Waals surface area contributed by atoms with Gasteiger partial charge in [0.1, 0.15) is 11.6 Å². The average Bonchev–Trinajstić information content (AvgIpc) is 3.14. The topological polar surface area (TPSA) is 97.0 Å². The van der Waals surface area contributed by atoms with Crippen LogP contribution in [0.15, 0.2) is 30.3 Å². The Morgan fingerprint density at radius 3 is 2.53 bits per heavy atom. The number of hydrogen-bond acceptors (Lipinski definition) is 6. The lowest BCUT2D eigenvalue weighted by molar-refractivity contribution is -0.145. The molecule has 2 atom stereocenters. The second kappa shape index (κ2) is 11.0. The second-order valence-electron chi connectivity index (χ2n) is 8.42. The molecule has 0 aliphatic carbocycles. The van der Waals surface area contributed by atoms with Gasteiger partial charge in [-0.3, -0.25) is 9.69 Å². The van der Waals surface area contributed by atoms with E-state index >= 15 is 0 Å². The molecule has 166 valence electrons. The lowest BCUT2D eigenvalue weighted by Gasteiger charge is -2.26. The van der Waals surface area contributed by atoms with E-state index in [2.05, 4.69) is 15.5 Å². The van der Waals surface area contributed by atoms with Gasteiger partial charge in [0.25, 0.3) is 0 Å². The first-order chi connectivity index (χ1) is 14.2. The maximum absolute atomic E-state index is 12.9. The van der Waals surface area contributed by atoms with E-state index in [-0.39, 0.29) is 24.9 Å². The Labute approximate surface area is 178 Å². The van der Waals surface area contributed by atoms with Gasteiger partial charge in [-0.25, -0.2) is 9.59 Å². The predicted molar refractivity (Wildman–Crippen MR) is 113 cm³/mol. The van der Waals surface area contributed by atoms with Crippen LogP contribution < -0.4 is 10.6 Å². The van der Waals surface area contributed by atoms with Crippen molar-refractivity contribution in [2.45, 2.75) is 64.3 Å². The summed E-state index contributed by atoms with van der Waals surface area (Å²) in [7, 11) is 1.28. The van der Waals surface area contributed by atoms with Gasteiger partial charge in [0.15, 0.2) is 0 Å². The first-order valence-corrected chi connectivity index (χ1v) is 10.3. The molecule has 30 heavy (non-hydrogen) atoms. The van der Waals surface area contributed by atoms with Crippen LogP contribution in [0.25, 0.3) is 0 Å². The van der Waals surface area contributed by atoms with Crippen LogP contribution >= 0.6 is 0 Å². The van der Waals surface area contributed by atoms with Gasteiger partial charge in [-0.1, -0.05) is 30.3 Å². The minimum absolute atomic E-state index is 0.174. The van der Waals surface area contributed by atoms with E-state index in [0.717, 1.165) is 24.9 Å². The number of carbonyl (C=O) groups is 3. The molecule has 0 spiro atoms. The maximum Gasteiger partial charge on any atom is 0.407 e. The normalized spacial score (nSPS) is 17.8. The maximum atomic E-state index is 12.9. The number of esters is 1. The highest BCUT2D eigenvalue weighted by Gasteiger charge is 2.33. The zero-order valence-electron chi connectivity index (χ0n) is 18.3. The molecular weight excluding hydrogens is 386 g/mol. The Kier molecular flexibility index (Phi) is 8.65. The molecule has 2 rings (SSSR count). The molecule has 1 saturated heterocycles. The fourth-order valence-corrected chi connectivity index (χ4v) is 3.42. The molecule has 1 aliphatic heterocycles. The monoisotopic (exact) mass is 419 g/mol. The van der Waals surface area contributed by atoms with Gasteiger partial charge in [-0.15, -0.1) is 0 Å². The number of amides is 2. The van der Waals surface area contributed by atoms with E-state index < -0.39 is 23.7 Å². The molecule has 2 N–H and O–H groups in total. The molecule has 1 aromatic carbocycles.